The zero-order valence-electron chi connectivity index (χ0n) is 11.4. The van der Waals surface area contributed by atoms with Crippen LogP contribution in [-0.2, 0) is 6.61 Å². The van der Waals surface area contributed by atoms with E-state index in [1.807, 2.05) is 12.1 Å². The van der Waals surface area contributed by atoms with Crippen molar-refractivity contribution in [2.75, 3.05) is 0 Å². The quantitative estimate of drug-likeness (QED) is 0.861. The zero-order valence-corrected chi connectivity index (χ0v) is 13.0. The summed E-state index contributed by atoms with van der Waals surface area (Å²) in [6, 6.07) is 11.7. The van der Waals surface area contributed by atoms with Crippen molar-refractivity contribution in [2.45, 2.75) is 20.5 Å². The smallest absolute Gasteiger partial charge is 0.131 e. The van der Waals surface area contributed by atoms with Gasteiger partial charge in [0.25, 0.3) is 0 Å². The molecule has 0 atom stereocenters. The van der Waals surface area contributed by atoms with Gasteiger partial charge in [0.15, 0.2) is 0 Å². The number of halogens is 1. The Kier molecular flexibility index (Phi) is 4.63. The summed E-state index contributed by atoms with van der Waals surface area (Å²) in [4.78, 5) is 0.242. The number of benzene rings is 2. The number of hydrogen-bond acceptors (Lipinski definition) is 2. The topological polar surface area (TPSA) is 35.2 Å². The maximum Gasteiger partial charge on any atom is 0.131 e. The van der Waals surface area contributed by atoms with Gasteiger partial charge in [-0.15, -0.1) is 0 Å². The van der Waals surface area contributed by atoms with Gasteiger partial charge in [0, 0.05) is 0 Å². The fraction of sp³-hybridized carbons (Fsp3) is 0.188. The predicted molar refractivity (Wildman–Crippen MR) is 87.6 cm³/mol. The van der Waals surface area contributed by atoms with Crippen LogP contribution in [0.1, 0.15) is 22.3 Å². The van der Waals surface area contributed by atoms with E-state index >= 15 is 0 Å². The fourth-order valence-electron chi connectivity index (χ4n) is 1.98. The molecule has 2 aromatic rings. The van der Waals surface area contributed by atoms with Crippen molar-refractivity contribution in [2.24, 2.45) is 5.73 Å². The summed E-state index contributed by atoms with van der Waals surface area (Å²) < 4.78 is 5.85. The van der Waals surface area contributed by atoms with E-state index in [2.05, 4.69) is 32.0 Å². The summed E-state index contributed by atoms with van der Waals surface area (Å²) in [5.74, 6) is 0.617. The van der Waals surface area contributed by atoms with E-state index in [0.29, 0.717) is 22.9 Å². The van der Waals surface area contributed by atoms with Crippen molar-refractivity contribution in [3.05, 3.63) is 63.7 Å². The Morgan fingerprint density at radius 2 is 2.00 bits per heavy atom. The molecule has 2 aromatic carbocycles. The highest BCUT2D eigenvalue weighted by molar-refractivity contribution is 7.80. The highest BCUT2D eigenvalue weighted by atomic mass is 35.5. The maximum absolute atomic E-state index is 6.12. The second-order valence-corrected chi connectivity index (χ2v) is 5.54. The van der Waals surface area contributed by atoms with Gasteiger partial charge in [-0.3, -0.25) is 0 Å². The van der Waals surface area contributed by atoms with E-state index in [0.717, 1.165) is 5.56 Å². The van der Waals surface area contributed by atoms with Gasteiger partial charge >= 0.3 is 0 Å². The normalized spacial score (nSPS) is 10.3. The van der Waals surface area contributed by atoms with E-state index in [-0.39, 0.29) is 4.99 Å². The Labute approximate surface area is 129 Å². The third-order valence-electron chi connectivity index (χ3n) is 3.11. The summed E-state index contributed by atoms with van der Waals surface area (Å²) >= 11 is 11.1. The van der Waals surface area contributed by atoms with Crippen molar-refractivity contribution in [1.29, 1.82) is 0 Å². The standard InChI is InChI=1S/C16H16ClNOS/c1-10-6-7-11(2)12(8-10)9-19-14-5-3-4-13(17)15(14)16(18)20/h3-8H,9H2,1-2H3,(H2,18,20). The summed E-state index contributed by atoms with van der Waals surface area (Å²) in [5.41, 5.74) is 9.83. The van der Waals surface area contributed by atoms with E-state index in [1.54, 1.807) is 6.07 Å². The minimum absolute atomic E-state index is 0.242. The molecule has 20 heavy (non-hydrogen) atoms. The molecule has 2 N–H and O–H groups in total. The van der Waals surface area contributed by atoms with E-state index in [1.165, 1.54) is 11.1 Å². The van der Waals surface area contributed by atoms with Gasteiger partial charge in [-0.2, -0.15) is 0 Å². The molecule has 0 saturated carbocycles. The lowest BCUT2D eigenvalue weighted by molar-refractivity contribution is 0.305. The van der Waals surface area contributed by atoms with Crippen LogP contribution in [0.2, 0.25) is 5.02 Å². The van der Waals surface area contributed by atoms with E-state index < -0.39 is 0 Å². The number of aryl methyl sites for hydroxylation is 2. The summed E-state index contributed by atoms with van der Waals surface area (Å²) in [5, 5.41) is 0.510. The Balaban J connectivity index is 2.25. The van der Waals surface area contributed by atoms with Gasteiger partial charge in [-0.05, 0) is 37.1 Å². The van der Waals surface area contributed by atoms with Gasteiger partial charge in [-0.1, -0.05) is 53.6 Å². The first-order valence-corrected chi connectivity index (χ1v) is 7.05. The molecule has 0 radical (unpaired) electrons. The molecule has 4 heteroatoms. The minimum Gasteiger partial charge on any atom is -0.488 e. The van der Waals surface area contributed by atoms with Crippen LogP contribution in [-0.4, -0.2) is 4.99 Å². The largest absolute Gasteiger partial charge is 0.488 e. The van der Waals surface area contributed by atoms with Crippen LogP contribution in [0.3, 0.4) is 0 Å². The van der Waals surface area contributed by atoms with Crippen molar-refractivity contribution >= 4 is 28.8 Å². The van der Waals surface area contributed by atoms with Crippen LogP contribution in [0, 0.1) is 13.8 Å². The molecular weight excluding hydrogens is 290 g/mol. The minimum atomic E-state index is 0.242. The van der Waals surface area contributed by atoms with Crippen molar-refractivity contribution in [3.63, 3.8) is 0 Å². The SMILES string of the molecule is Cc1ccc(C)c(COc2cccc(Cl)c2C(N)=S)c1. The average molecular weight is 306 g/mol. The van der Waals surface area contributed by atoms with E-state index in [9.17, 15) is 0 Å². The molecule has 0 aliphatic heterocycles. The summed E-state index contributed by atoms with van der Waals surface area (Å²) in [6.07, 6.45) is 0. The number of thiocarbonyl (C=S) groups is 1. The summed E-state index contributed by atoms with van der Waals surface area (Å²) in [7, 11) is 0. The van der Waals surface area contributed by atoms with Crippen molar-refractivity contribution in [1.82, 2.24) is 0 Å². The van der Waals surface area contributed by atoms with E-state index in [4.69, 9.17) is 34.3 Å². The van der Waals surface area contributed by atoms with Gasteiger partial charge in [0.05, 0.1) is 10.6 Å². The number of nitrogens with two attached hydrogens (primary N) is 1. The molecule has 2 rings (SSSR count). The molecule has 0 unspecified atom stereocenters. The van der Waals surface area contributed by atoms with Gasteiger partial charge in [-0.25, -0.2) is 0 Å². The van der Waals surface area contributed by atoms with Crippen LogP contribution >= 0.6 is 23.8 Å². The van der Waals surface area contributed by atoms with Crippen molar-refractivity contribution < 1.29 is 4.74 Å². The average Bonchev–Trinajstić information content (AvgIpc) is 2.39. The molecule has 0 spiro atoms. The second kappa shape index (κ2) is 6.25. The molecule has 0 aliphatic rings. The van der Waals surface area contributed by atoms with Gasteiger partial charge in [0.2, 0.25) is 0 Å². The molecule has 2 nitrogen and oxygen atoms in total. The first-order chi connectivity index (χ1) is 9.49. The lowest BCUT2D eigenvalue weighted by Gasteiger charge is -2.13. The molecule has 0 aromatic heterocycles. The van der Waals surface area contributed by atoms with Crippen LogP contribution in [0.25, 0.3) is 0 Å². The van der Waals surface area contributed by atoms with Gasteiger partial charge in [0.1, 0.15) is 17.3 Å². The molecular formula is C16H16ClNOS. The maximum atomic E-state index is 6.12. The Morgan fingerprint density at radius 3 is 2.70 bits per heavy atom. The second-order valence-electron chi connectivity index (χ2n) is 4.70. The molecule has 0 amide bonds. The molecule has 0 heterocycles. The molecule has 0 saturated heterocycles. The van der Waals surface area contributed by atoms with Gasteiger partial charge < -0.3 is 10.5 Å². The zero-order chi connectivity index (χ0) is 14.7. The van der Waals surface area contributed by atoms with Crippen molar-refractivity contribution in [3.8, 4) is 5.75 Å². The number of rotatable bonds is 4. The van der Waals surface area contributed by atoms with Crippen LogP contribution < -0.4 is 10.5 Å². The predicted octanol–water partition coefficient (Wildman–Crippen LogP) is 4.17. The Morgan fingerprint density at radius 1 is 1.25 bits per heavy atom. The third-order valence-corrected chi connectivity index (χ3v) is 3.63. The lowest BCUT2D eigenvalue weighted by atomic mass is 10.1. The monoisotopic (exact) mass is 305 g/mol. The lowest BCUT2D eigenvalue weighted by Crippen LogP contribution is -2.12. The van der Waals surface area contributed by atoms with Crippen LogP contribution in [0.5, 0.6) is 5.75 Å². The molecule has 0 bridgehead atoms. The van der Waals surface area contributed by atoms with Crippen LogP contribution in [0.4, 0.5) is 0 Å². The first kappa shape index (κ1) is 14.8. The number of hydrogen-bond donors (Lipinski definition) is 1. The third kappa shape index (κ3) is 3.30. The fourth-order valence-corrected chi connectivity index (χ4v) is 2.51. The first-order valence-electron chi connectivity index (χ1n) is 6.26. The summed E-state index contributed by atoms with van der Waals surface area (Å²) in [6.45, 7) is 4.58. The molecule has 0 aliphatic carbocycles. The highest BCUT2D eigenvalue weighted by Crippen LogP contribution is 2.27. The number of ether oxygens (including phenoxy) is 1. The Hall–Kier alpha value is -1.58. The Bertz CT molecular complexity index is 655. The molecule has 0 fully saturated rings. The van der Waals surface area contributed by atoms with Crippen LogP contribution in [0.15, 0.2) is 36.4 Å². The molecule has 104 valence electrons. The highest BCUT2D eigenvalue weighted by Gasteiger charge is 2.11.